The van der Waals surface area contributed by atoms with Gasteiger partial charge in [0.15, 0.2) is 16.3 Å². The Morgan fingerprint density at radius 3 is 2.19 bits per heavy atom. The molecule has 0 spiro atoms. The fourth-order valence-electron chi connectivity index (χ4n) is 4.38. The molecule has 4 aromatic rings. The van der Waals surface area contributed by atoms with Crippen LogP contribution in [0.25, 0.3) is 11.3 Å². The number of aromatic nitrogens is 3. The number of thiazole rings is 1. The van der Waals surface area contributed by atoms with Gasteiger partial charge in [-0.1, -0.05) is 32.0 Å². The molecule has 0 atom stereocenters. The van der Waals surface area contributed by atoms with Gasteiger partial charge in [-0.15, -0.1) is 11.3 Å². The van der Waals surface area contributed by atoms with E-state index in [4.69, 9.17) is 19.2 Å². The zero-order chi connectivity index (χ0) is 25.5. The number of benzene rings is 2. The van der Waals surface area contributed by atoms with Crippen LogP contribution in [0.5, 0.6) is 17.2 Å². The van der Waals surface area contributed by atoms with Gasteiger partial charge >= 0.3 is 0 Å². The molecule has 0 fully saturated rings. The summed E-state index contributed by atoms with van der Waals surface area (Å²) in [6.45, 7) is 6.05. The summed E-state index contributed by atoms with van der Waals surface area (Å²) in [7, 11) is 4.90. The molecule has 0 aliphatic carbocycles. The third-order valence-corrected chi connectivity index (χ3v) is 7.15. The van der Waals surface area contributed by atoms with Gasteiger partial charge < -0.3 is 23.3 Å². The Morgan fingerprint density at radius 2 is 1.64 bits per heavy atom. The lowest BCUT2D eigenvalue weighted by Gasteiger charge is -2.16. The van der Waals surface area contributed by atoms with E-state index in [9.17, 15) is 0 Å². The summed E-state index contributed by atoms with van der Waals surface area (Å²) in [4.78, 5) is 10.4. The predicted molar refractivity (Wildman–Crippen MR) is 145 cm³/mol. The van der Waals surface area contributed by atoms with Gasteiger partial charge in [0.05, 0.1) is 39.0 Å². The molecule has 2 heterocycles. The Labute approximate surface area is 216 Å². The quantitative estimate of drug-likeness (QED) is 0.255. The molecule has 0 unspecified atom stereocenters. The molecule has 0 radical (unpaired) electrons. The minimum atomic E-state index is 0.583. The monoisotopic (exact) mass is 506 g/mol. The van der Waals surface area contributed by atoms with Gasteiger partial charge in [-0.25, -0.2) is 9.98 Å². The van der Waals surface area contributed by atoms with Crippen molar-refractivity contribution in [3.63, 3.8) is 0 Å². The summed E-state index contributed by atoms with van der Waals surface area (Å²) >= 11 is 1.65. The van der Waals surface area contributed by atoms with Crippen molar-refractivity contribution in [3.05, 3.63) is 70.4 Å². The number of ether oxygens (including phenoxy) is 3. The number of para-hydroxylation sites is 1. The molecule has 2 aromatic carbocycles. The van der Waals surface area contributed by atoms with E-state index in [-0.39, 0.29) is 0 Å². The van der Waals surface area contributed by atoms with E-state index in [0.29, 0.717) is 17.2 Å². The summed E-state index contributed by atoms with van der Waals surface area (Å²) in [5.74, 6) is 1.84. The topological polar surface area (TPSA) is 62.8 Å². The van der Waals surface area contributed by atoms with Gasteiger partial charge in [0, 0.05) is 36.4 Å². The van der Waals surface area contributed by atoms with Crippen LogP contribution in [0.2, 0.25) is 0 Å². The van der Waals surface area contributed by atoms with Crippen molar-refractivity contribution in [2.45, 2.75) is 46.2 Å². The average Bonchev–Trinajstić information content (AvgIpc) is 3.58. The number of rotatable bonds is 11. The van der Waals surface area contributed by atoms with Crippen LogP contribution in [0.15, 0.2) is 59.4 Å². The van der Waals surface area contributed by atoms with E-state index in [2.05, 4.69) is 51.5 Å². The van der Waals surface area contributed by atoms with Gasteiger partial charge in [-0.2, -0.15) is 0 Å². The number of imidazole rings is 1. The first-order valence-electron chi connectivity index (χ1n) is 12.2. The molecule has 0 N–H and O–H groups in total. The van der Waals surface area contributed by atoms with Crippen LogP contribution < -0.4 is 19.0 Å². The molecule has 0 aliphatic rings. The maximum Gasteiger partial charge on any atom is 0.203 e. The first-order valence-corrected chi connectivity index (χ1v) is 13.1. The molecule has 0 bridgehead atoms. The fourth-order valence-corrected chi connectivity index (χ4v) is 5.32. The Bertz CT molecular complexity index is 1310. The predicted octanol–water partition coefficient (Wildman–Crippen LogP) is 5.89. The van der Waals surface area contributed by atoms with E-state index >= 15 is 0 Å². The minimum Gasteiger partial charge on any atom is -0.493 e. The molecule has 0 amide bonds. The summed E-state index contributed by atoms with van der Waals surface area (Å²) < 4.78 is 21.2. The Morgan fingerprint density at radius 1 is 0.944 bits per heavy atom. The highest BCUT2D eigenvalue weighted by Gasteiger charge is 2.17. The van der Waals surface area contributed by atoms with Crippen molar-refractivity contribution in [1.82, 2.24) is 14.1 Å². The van der Waals surface area contributed by atoms with E-state index in [1.807, 2.05) is 30.9 Å². The number of hydrogen-bond acceptors (Lipinski definition) is 6. The standard InChI is InChI=1S/C28H34N4O3S/c1-6-20-10-8-11-21(7-2)26(20)30-28-32(14-9-13-31-15-12-29-19-31)23(18-36-28)22-16-24(33-3)27(35-5)25(17-22)34-4/h8,10-12,15-19H,6-7,9,13-14H2,1-5H3. The maximum absolute atomic E-state index is 5.63. The molecule has 0 aliphatic heterocycles. The van der Waals surface area contributed by atoms with Crippen LogP contribution in [0.4, 0.5) is 5.69 Å². The zero-order valence-electron chi connectivity index (χ0n) is 21.7. The van der Waals surface area contributed by atoms with Crippen LogP contribution in [-0.4, -0.2) is 35.4 Å². The minimum absolute atomic E-state index is 0.583. The van der Waals surface area contributed by atoms with Crippen molar-refractivity contribution in [2.75, 3.05) is 21.3 Å². The SMILES string of the molecule is CCc1cccc(CC)c1N=c1scc(-c2cc(OC)c(OC)c(OC)c2)n1CCCn1ccnc1. The number of methoxy groups -OCH3 is 3. The molecule has 8 heteroatoms. The highest BCUT2D eigenvalue weighted by molar-refractivity contribution is 7.07. The van der Waals surface area contributed by atoms with Crippen molar-refractivity contribution in [3.8, 4) is 28.5 Å². The first kappa shape index (κ1) is 25.6. The van der Waals surface area contributed by atoms with Crippen LogP contribution in [0, 0.1) is 0 Å². The second-order valence-electron chi connectivity index (χ2n) is 8.37. The second-order valence-corrected chi connectivity index (χ2v) is 9.20. The molecule has 2 aromatic heterocycles. The molecule has 4 rings (SSSR count). The summed E-state index contributed by atoms with van der Waals surface area (Å²) in [5.41, 5.74) is 5.67. The van der Waals surface area contributed by atoms with Crippen LogP contribution >= 0.6 is 11.3 Å². The average molecular weight is 507 g/mol. The molecular formula is C28H34N4O3S. The zero-order valence-corrected chi connectivity index (χ0v) is 22.5. The van der Waals surface area contributed by atoms with Crippen molar-refractivity contribution in [2.24, 2.45) is 4.99 Å². The highest BCUT2D eigenvalue weighted by Crippen LogP contribution is 2.41. The lowest BCUT2D eigenvalue weighted by molar-refractivity contribution is 0.324. The van der Waals surface area contributed by atoms with Gasteiger partial charge in [0.1, 0.15) is 0 Å². The molecule has 0 saturated heterocycles. The van der Waals surface area contributed by atoms with Crippen molar-refractivity contribution < 1.29 is 14.2 Å². The Hall–Kier alpha value is -3.52. The van der Waals surface area contributed by atoms with Gasteiger partial charge in [0.25, 0.3) is 0 Å². The molecule has 190 valence electrons. The van der Waals surface area contributed by atoms with Crippen molar-refractivity contribution in [1.29, 1.82) is 0 Å². The van der Waals surface area contributed by atoms with Crippen LogP contribution in [0.1, 0.15) is 31.4 Å². The Balaban J connectivity index is 1.85. The molecule has 0 saturated carbocycles. The second kappa shape index (κ2) is 11.9. The number of nitrogens with zero attached hydrogens (tertiary/aromatic N) is 4. The largest absolute Gasteiger partial charge is 0.493 e. The normalized spacial score (nSPS) is 11.6. The number of hydrogen-bond donors (Lipinski definition) is 0. The van der Waals surface area contributed by atoms with E-state index < -0.39 is 0 Å². The molecule has 36 heavy (non-hydrogen) atoms. The maximum atomic E-state index is 5.63. The summed E-state index contributed by atoms with van der Waals surface area (Å²) in [5, 5.41) is 2.16. The lowest BCUT2D eigenvalue weighted by Crippen LogP contribution is -2.17. The van der Waals surface area contributed by atoms with E-state index in [0.717, 1.165) is 54.1 Å². The molecule has 7 nitrogen and oxygen atoms in total. The van der Waals surface area contributed by atoms with Crippen LogP contribution in [0.3, 0.4) is 0 Å². The summed E-state index contributed by atoms with van der Waals surface area (Å²) in [6, 6.07) is 10.5. The van der Waals surface area contributed by atoms with Crippen LogP contribution in [-0.2, 0) is 25.9 Å². The van der Waals surface area contributed by atoms with E-state index in [1.165, 1.54) is 11.1 Å². The first-order chi connectivity index (χ1) is 17.6. The third kappa shape index (κ3) is 5.33. The smallest absolute Gasteiger partial charge is 0.203 e. The van der Waals surface area contributed by atoms with Crippen molar-refractivity contribution >= 4 is 17.0 Å². The van der Waals surface area contributed by atoms with Gasteiger partial charge in [-0.3, -0.25) is 0 Å². The van der Waals surface area contributed by atoms with Gasteiger partial charge in [-0.05, 0) is 42.5 Å². The van der Waals surface area contributed by atoms with E-state index in [1.54, 1.807) is 32.7 Å². The Kier molecular flexibility index (Phi) is 8.48. The molecular weight excluding hydrogens is 472 g/mol. The fraction of sp³-hybridized carbons (Fsp3) is 0.357. The highest BCUT2D eigenvalue weighted by atomic mass is 32.1. The lowest BCUT2D eigenvalue weighted by atomic mass is 10.0. The summed E-state index contributed by atoms with van der Waals surface area (Å²) in [6.07, 6.45) is 8.49. The number of aryl methyl sites for hydroxylation is 3. The third-order valence-electron chi connectivity index (χ3n) is 6.29. The van der Waals surface area contributed by atoms with Gasteiger partial charge in [0.2, 0.25) is 5.75 Å².